The van der Waals surface area contributed by atoms with Crippen molar-refractivity contribution < 1.29 is 4.42 Å². The molecule has 0 aliphatic carbocycles. The van der Waals surface area contributed by atoms with Gasteiger partial charge in [-0.3, -0.25) is 0 Å². The summed E-state index contributed by atoms with van der Waals surface area (Å²) in [6, 6.07) is 1.73. The Hall–Kier alpha value is -0.940. The Morgan fingerprint density at radius 1 is 1.70 bits per heavy atom. The minimum absolute atomic E-state index is 0.389. The predicted molar refractivity (Wildman–Crippen MR) is 38.9 cm³/mol. The highest BCUT2D eigenvalue weighted by Crippen LogP contribution is 2.13. The van der Waals surface area contributed by atoms with E-state index in [1.807, 2.05) is 0 Å². The molecule has 0 spiro atoms. The molecule has 0 radical (unpaired) electrons. The lowest BCUT2D eigenvalue weighted by Gasteiger charge is -1.81. The van der Waals surface area contributed by atoms with Gasteiger partial charge in [-0.2, -0.15) is 0 Å². The summed E-state index contributed by atoms with van der Waals surface area (Å²) >= 11 is 5.50. The van der Waals surface area contributed by atoms with Crippen LogP contribution in [0, 0.1) is 6.57 Å². The van der Waals surface area contributed by atoms with E-state index in [1.165, 1.54) is 0 Å². The summed E-state index contributed by atoms with van der Waals surface area (Å²) in [5, 5.41) is 0.389. The van der Waals surface area contributed by atoms with Crippen molar-refractivity contribution in [3.63, 3.8) is 0 Å². The second-order valence-electron chi connectivity index (χ2n) is 1.89. The van der Waals surface area contributed by atoms with Crippen LogP contribution in [0.4, 0.5) is 0 Å². The van der Waals surface area contributed by atoms with Crippen molar-refractivity contribution in [2.45, 2.75) is 6.42 Å². The fraction of sp³-hybridized carbons (Fsp3) is 0.286. The molecule has 1 aromatic heterocycles. The molecule has 1 aromatic rings. The van der Waals surface area contributed by atoms with Gasteiger partial charge in [-0.1, -0.05) is 0 Å². The third-order valence-electron chi connectivity index (χ3n) is 1.13. The highest BCUT2D eigenvalue weighted by atomic mass is 35.5. The van der Waals surface area contributed by atoms with Crippen molar-refractivity contribution in [2.24, 2.45) is 0 Å². The molecular formula is C7H6ClNO. The van der Waals surface area contributed by atoms with Crippen molar-refractivity contribution in [1.29, 1.82) is 0 Å². The molecule has 1 heterocycles. The lowest BCUT2D eigenvalue weighted by atomic mass is 10.2. The molecule has 0 aliphatic heterocycles. The maximum Gasteiger partial charge on any atom is 0.218 e. The number of nitrogens with zero attached hydrogens (tertiary/aromatic N) is 1. The normalized spacial score (nSPS) is 9.20. The van der Waals surface area contributed by atoms with E-state index in [0.717, 1.165) is 12.0 Å². The summed E-state index contributed by atoms with van der Waals surface area (Å²) in [4.78, 5) is 3.21. The molecule has 0 amide bonds. The molecular weight excluding hydrogens is 150 g/mol. The van der Waals surface area contributed by atoms with E-state index in [2.05, 4.69) is 4.85 Å². The topological polar surface area (TPSA) is 17.5 Å². The average Bonchev–Trinajstić information content (AvgIpc) is 2.31. The molecule has 3 heteroatoms. The van der Waals surface area contributed by atoms with E-state index >= 15 is 0 Å². The summed E-state index contributed by atoms with van der Waals surface area (Å²) in [7, 11) is 0. The van der Waals surface area contributed by atoms with E-state index in [-0.39, 0.29) is 0 Å². The fourth-order valence-electron chi connectivity index (χ4n) is 0.662. The minimum Gasteiger partial charge on any atom is -0.453 e. The Kier molecular flexibility index (Phi) is 2.35. The number of hydrogen-bond acceptors (Lipinski definition) is 1. The van der Waals surface area contributed by atoms with Gasteiger partial charge >= 0.3 is 0 Å². The largest absolute Gasteiger partial charge is 0.453 e. The predicted octanol–water partition coefficient (Wildman–Crippen LogP) is 2.39. The van der Waals surface area contributed by atoms with Crippen molar-refractivity contribution in [3.8, 4) is 0 Å². The lowest BCUT2D eigenvalue weighted by molar-refractivity contribution is 0.566. The third-order valence-corrected chi connectivity index (χ3v) is 1.33. The van der Waals surface area contributed by atoms with E-state index < -0.39 is 0 Å². The number of halogens is 1. The second kappa shape index (κ2) is 3.28. The molecule has 0 fully saturated rings. The van der Waals surface area contributed by atoms with Crippen LogP contribution < -0.4 is 0 Å². The zero-order valence-electron chi connectivity index (χ0n) is 5.30. The summed E-state index contributed by atoms with van der Waals surface area (Å²) in [5.41, 5.74) is 0.987. The van der Waals surface area contributed by atoms with Gasteiger partial charge < -0.3 is 9.26 Å². The van der Waals surface area contributed by atoms with E-state index in [9.17, 15) is 0 Å². The first-order chi connectivity index (χ1) is 4.83. The molecule has 52 valence electrons. The molecule has 0 aliphatic rings. The molecule has 1 rings (SSSR count). The smallest absolute Gasteiger partial charge is 0.218 e. The molecule has 0 saturated heterocycles. The number of hydrogen-bond donors (Lipinski definition) is 0. The second-order valence-corrected chi connectivity index (χ2v) is 2.26. The first-order valence-electron chi connectivity index (χ1n) is 2.89. The van der Waals surface area contributed by atoms with Gasteiger partial charge in [0.25, 0.3) is 0 Å². The van der Waals surface area contributed by atoms with Crippen molar-refractivity contribution in [3.05, 3.63) is 34.5 Å². The van der Waals surface area contributed by atoms with Gasteiger partial charge in [0, 0.05) is 6.42 Å². The van der Waals surface area contributed by atoms with Crippen LogP contribution in [0.15, 0.2) is 16.7 Å². The molecule has 0 N–H and O–H groups in total. The van der Waals surface area contributed by atoms with Crippen molar-refractivity contribution in [1.82, 2.24) is 0 Å². The minimum atomic E-state index is 0.389. The molecule has 0 aromatic carbocycles. The van der Waals surface area contributed by atoms with Gasteiger partial charge in [-0.25, -0.2) is 6.57 Å². The van der Waals surface area contributed by atoms with Crippen LogP contribution in [0.25, 0.3) is 4.85 Å². The Labute approximate surface area is 64.2 Å². The molecule has 10 heavy (non-hydrogen) atoms. The summed E-state index contributed by atoms with van der Waals surface area (Å²) in [6.45, 7) is 7.02. The highest BCUT2D eigenvalue weighted by Gasteiger charge is 1.98. The maximum atomic E-state index is 6.52. The summed E-state index contributed by atoms with van der Waals surface area (Å²) in [5.74, 6) is 0. The Morgan fingerprint density at radius 2 is 2.50 bits per heavy atom. The van der Waals surface area contributed by atoms with Gasteiger partial charge in [0.1, 0.15) is 0 Å². The molecule has 0 bridgehead atoms. The Bertz CT molecular complexity index is 248. The molecule has 0 atom stereocenters. The van der Waals surface area contributed by atoms with Crippen LogP contribution in [0.5, 0.6) is 0 Å². The quantitative estimate of drug-likeness (QED) is 0.600. The zero-order valence-corrected chi connectivity index (χ0v) is 6.06. The maximum absolute atomic E-state index is 6.52. The SMILES string of the molecule is [C-]#[N+]CCc1coc(Cl)c1. The number of furan rings is 1. The van der Waals surface area contributed by atoms with E-state index in [0.29, 0.717) is 11.8 Å². The van der Waals surface area contributed by atoms with Gasteiger partial charge in [-0.05, 0) is 23.2 Å². The van der Waals surface area contributed by atoms with Crippen LogP contribution in [0.3, 0.4) is 0 Å². The first kappa shape index (κ1) is 7.17. The fourth-order valence-corrected chi connectivity index (χ4v) is 0.847. The summed E-state index contributed by atoms with van der Waals surface area (Å²) in [6.07, 6.45) is 2.30. The van der Waals surface area contributed by atoms with Crippen LogP contribution in [0.2, 0.25) is 5.22 Å². The number of rotatable bonds is 2. The molecule has 2 nitrogen and oxygen atoms in total. The summed E-state index contributed by atoms with van der Waals surface area (Å²) < 4.78 is 4.82. The van der Waals surface area contributed by atoms with E-state index in [1.54, 1.807) is 12.3 Å². The molecule has 0 unspecified atom stereocenters. The van der Waals surface area contributed by atoms with Gasteiger partial charge in [0.15, 0.2) is 5.22 Å². The Morgan fingerprint density at radius 3 is 3.00 bits per heavy atom. The zero-order chi connectivity index (χ0) is 7.40. The first-order valence-corrected chi connectivity index (χ1v) is 3.27. The van der Waals surface area contributed by atoms with E-state index in [4.69, 9.17) is 22.6 Å². The van der Waals surface area contributed by atoms with Crippen molar-refractivity contribution in [2.75, 3.05) is 6.54 Å². The standard InChI is InChI=1S/C7H6ClNO/c1-9-3-2-6-4-7(8)10-5-6/h4-5H,2-3H2. The third kappa shape index (κ3) is 1.78. The van der Waals surface area contributed by atoms with Gasteiger partial charge in [0.05, 0.1) is 6.26 Å². The van der Waals surface area contributed by atoms with Crippen LogP contribution in [0.1, 0.15) is 5.56 Å². The van der Waals surface area contributed by atoms with Crippen LogP contribution in [-0.2, 0) is 6.42 Å². The van der Waals surface area contributed by atoms with Crippen molar-refractivity contribution >= 4 is 11.6 Å². The monoisotopic (exact) mass is 155 g/mol. The Balaban J connectivity index is 2.52. The highest BCUT2D eigenvalue weighted by molar-refractivity contribution is 6.28. The van der Waals surface area contributed by atoms with Crippen LogP contribution >= 0.6 is 11.6 Å². The van der Waals surface area contributed by atoms with Gasteiger partial charge in [-0.15, -0.1) is 0 Å². The average molecular weight is 156 g/mol. The lowest BCUT2D eigenvalue weighted by Crippen LogP contribution is -1.82. The molecule has 0 saturated carbocycles. The van der Waals surface area contributed by atoms with Crippen LogP contribution in [-0.4, -0.2) is 6.54 Å². The van der Waals surface area contributed by atoms with Gasteiger partial charge in [0.2, 0.25) is 6.54 Å².